The maximum absolute atomic E-state index is 9.25. The van der Waals surface area contributed by atoms with Crippen LogP contribution in [0.5, 0.6) is 5.75 Å². The number of rotatable bonds is 5. The molecular weight excluding hydrogens is 226 g/mol. The third kappa shape index (κ3) is 4.00. The molecule has 0 aromatic heterocycles. The highest BCUT2D eigenvalue weighted by Crippen LogP contribution is 2.23. The van der Waals surface area contributed by atoms with Gasteiger partial charge in [0.2, 0.25) is 0 Å². The Morgan fingerprint density at radius 3 is 2.62 bits per heavy atom. The van der Waals surface area contributed by atoms with Crippen LogP contribution in [-0.4, -0.2) is 23.4 Å². The number of halogens is 1. The smallest absolute Gasteiger partial charge is 0.134 e. The maximum atomic E-state index is 9.25. The van der Waals surface area contributed by atoms with Gasteiger partial charge in [-0.1, -0.05) is 31.5 Å². The number of aliphatic hydroxyl groups excluding tert-OH is 1. The van der Waals surface area contributed by atoms with Crippen LogP contribution in [0.25, 0.3) is 0 Å². The normalized spacial score (nSPS) is 11.8. The van der Waals surface area contributed by atoms with Gasteiger partial charge in [0.05, 0.1) is 5.02 Å². The molecular formula is C12H18ClNO2. The highest BCUT2D eigenvalue weighted by molar-refractivity contribution is 6.32. The van der Waals surface area contributed by atoms with E-state index in [-0.39, 0.29) is 17.8 Å². The molecule has 90 valence electrons. The third-order valence-electron chi connectivity index (χ3n) is 2.37. The molecule has 0 radical (unpaired) electrons. The Kier molecular flexibility index (Phi) is 4.59. The van der Waals surface area contributed by atoms with Gasteiger partial charge >= 0.3 is 0 Å². The molecule has 16 heavy (non-hydrogen) atoms. The first kappa shape index (κ1) is 13.3. The van der Waals surface area contributed by atoms with E-state index in [4.69, 9.17) is 16.7 Å². The summed E-state index contributed by atoms with van der Waals surface area (Å²) in [6.07, 6.45) is 0. The molecule has 1 aromatic rings. The molecule has 0 unspecified atom stereocenters. The number of benzene rings is 1. The van der Waals surface area contributed by atoms with Gasteiger partial charge in [0.25, 0.3) is 0 Å². The van der Waals surface area contributed by atoms with E-state index in [1.165, 1.54) is 0 Å². The van der Waals surface area contributed by atoms with E-state index >= 15 is 0 Å². The molecule has 0 heterocycles. The average molecular weight is 244 g/mol. The van der Waals surface area contributed by atoms with E-state index in [1.807, 2.05) is 19.9 Å². The molecule has 0 spiro atoms. The monoisotopic (exact) mass is 243 g/mol. The lowest BCUT2D eigenvalue weighted by Gasteiger charge is -2.21. The fourth-order valence-corrected chi connectivity index (χ4v) is 1.46. The van der Waals surface area contributed by atoms with Crippen molar-refractivity contribution in [3.8, 4) is 5.75 Å². The van der Waals surface area contributed by atoms with Crippen LogP contribution in [0.15, 0.2) is 18.2 Å². The second-order valence-corrected chi connectivity index (χ2v) is 5.12. The van der Waals surface area contributed by atoms with Gasteiger partial charge in [-0.2, -0.15) is 0 Å². The van der Waals surface area contributed by atoms with Crippen molar-refractivity contribution < 1.29 is 10.2 Å². The molecule has 3 N–H and O–H groups in total. The molecule has 0 aliphatic rings. The summed E-state index contributed by atoms with van der Waals surface area (Å²) < 4.78 is 0. The number of hydrogen-bond donors (Lipinski definition) is 3. The van der Waals surface area contributed by atoms with E-state index in [1.54, 1.807) is 12.1 Å². The van der Waals surface area contributed by atoms with Crippen LogP contribution in [0.4, 0.5) is 0 Å². The minimum absolute atomic E-state index is 0.0982. The van der Waals surface area contributed by atoms with Gasteiger partial charge in [-0.25, -0.2) is 0 Å². The van der Waals surface area contributed by atoms with E-state index < -0.39 is 0 Å². The fourth-order valence-electron chi connectivity index (χ4n) is 1.26. The molecule has 1 rings (SSSR count). The Bertz CT molecular complexity index is 353. The van der Waals surface area contributed by atoms with Crippen LogP contribution in [0, 0.1) is 5.41 Å². The van der Waals surface area contributed by atoms with Gasteiger partial charge in [-0.05, 0) is 17.7 Å². The Balaban J connectivity index is 2.46. The topological polar surface area (TPSA) is 52.5 Å². The van der Waals surface area contributed by atoms with Crippen molar-refractivity contribution in [2.24, 2.45) is 5.41 Å². The highest BCUT2D eigenvalue weighted by Gasteiger charge is 2.15. The van der Waals surface area contributed by atoms with E-state index in [0.29, 0.717) is 11.6 Å². The van der Waals surface area contributed by atoms with Gasteiger partial charge in [0, 0.05) is 25.1 Å². The third-order valence-corrected chi connectivity index (χ3v) is 2.68. The number of aliphatic hydroxyl groups is 1. The van der Waals surface area contributed by atoms with Crippen molar-refractivity contribution in [3.05, 3.63) is 28.8 Å². The second-order valence-electron chi connectivity index (χ2n) is 4.71. The summed E-state index contributed by atoms with van der Waals surface area (Å²) in [5.74, 6) is 0.0982. The first-order valence-electron chi connectivity index (χ1n) is 5.23. The Morgan fingerprint density at radius 1 is 1.38 bits per heavy atom. The summed E-state index contributed by atoms with van der Waals surface area (Å²) in [5, 5.41) is 21.9. The predicted molar refractivity (Wildman–Crippen MR) is 65.7 cm³/mol. The van der Waals surface area contributed by atoms with Crippen LogP contribution in [0.3, 0.4) is 0 Å². The average Bonchev–Trinajstić information content (AvgIpc) is 2.23. The summed E-state index contributed by atoms with van der Waals surface area (Å²) in [4.78, 5) is 0. The number of aromatic hydroxyl groups is 1. The zero-order valence-corrected chi connectivity index (χ0v) is 10.4. The van der Waals surface area contributed by atoms with Crippen LogP contribution in [0.2, 0.25) is 5.02 Å². The zero-order chi connectivity index (χ0) is 12.2. The standard InChI is InChI=1S/C12H18ClNO2/c1-12(2,8-15)7-14-6-9-3-4-11(16)10(13)5-9/h3-5,14-16H,6-8H2,1-2H3. The van der Waals surface area contributed by atoms with Crippen molar-refractivity contribution in [2.45, 2.75) is 20.4 Å². The summed E-state index contributed by atoms with van der Waals surface area (Å²) in [5.41, 5.74) is 0.886. The molecule has 4 heteroatoms. The van der Waals surface area contributed by atoms with Gasteiger partial charge < -0.3 is 15.5 Å². The molecule has 0 fully saturated rings. The molecule has 1 aromatic carbocycles. The molecule has 0 saturated carbocycles. The predicted octanol–water partition coefficient (Wildman–Crippen LogP) is 2.15. The number of phenols is 1. The van der Waals surface area contributed by atoms with Crippen molar-refractivity contribution in [3.63, 3.8) is 0 Å². The lowest BCUT2D eigenvalue weighted by atomic mass is 9.95. The maximum Gasteiger partial charge on any atom is 0.134 e. The minimum atomic E-state index is -0.124. The van der Waals surface area contributed by atoms with E-state index in [9.17, 15) is 5.11 Å². The van der Waals surface area contributed by atoms with Gasteiger partial charge in [-0.3, -0.25) is 0 Å². The van der Waals surface area contributed by atoms with Crippen molar-refractivity contribution in [1.29, 1.82) is 0 Å². The van der Waals surface area contributed by atoms with Crippen LogP contribution in [-0.2, 0) is 6.54 Å². The van der Waals surface area contributed by atoms with Gasteiger partial charge in [0.1, 0.15) is 5.75 Å². The zero-order valence-electron chi connectivity index (χ0n) is 9.63. The first-order chi connectivity index (χ1) is 7.44. The molecule has 3 nitrogen and oxygen atoms in total. The van der Waals surface area contributed by atoms with Gasteiger partial charge in [-0.15, -0.1) is 0 Å². The highest BCUT2D eigenvalue weighted by atomic mass is 35.5. The van der Waals surface area contributed by atoms with E-state index in [2.05, 4.69) is 5.32 Å². The van der Waals surface area contributed by atoms with E-state index in [0.717, 1.165) is 12.1 Å². The molecule has 0 atom stereocenters. The lowest BCUT2D eigenvalue weighted by Crippen LogP contribution is -2.31. The Morgan fingerprint density at radius 2 is 2.06 bits per heavy atom. The largest absolute Gasteiger partial charge is 0.506 e. The van der Waals surface area contributed by atoms with Crippen molar-refractivity contribution in [2.75, 3.05) is 13.2 Å². The summed E-state index contributed by atoms with van der Waals surface area (Å²) >= 11 is 5.79. The quantitative estimate of drug-likeness (QED) is 0.743. The lowest BCUT2D eigenvalue weighted by molar-refractivity contribution is 0.156. The number of hydrogen-bond acceptors (Lipinski definition) is 3. The minimum Gasteiger partial charge on any atom is -0.506 e. The number of phenolic OH excluding ortho intramolecular Hbond substituents is 1. The number of nitrogens with one attached hydrogen (secondary N) is 1. The van der Waals surface area contributed by atoms with Crippen molar-refractivity contribution in [1.82, 2.24) is 5.32 Å². The van der Waals surface area contributed by atoms with Crippen LogP contribution < -0.4 is 5.32 Å². The first-order valence-corrected chi connectivity index (χ1v) is 5.61. The Labute approximate surface area is 101 Å². The SMILES string of the molecule is CC(C)(CO)CNCc1ccc(O)c(Cl)c1. The summed E-state index contributed by atoms with van der Waals surface area (Å²) in [7, 11) is 0. The second kappa shape index (κ2) is 5.53. The van der Waals surface area contributed by atoms with Gasteiger partial charge in [0.15, 0.2) is 0 Å². The fraction of sp³-hybridized carbons (Fsp3) is 0.500. The molecule has 0 aliphatic carbocycles. The summed E-state index contributed by atoms with van der Waals surface area (Å²) in [6.45, 7) is 5.52. The molecule has 0 saturated heterocycles. The molecule has 0 amide bonds. The molecule has 0 aliphatic heterocycles. The molecule has 0 bridgehead atoms. The summed E-state index contributed by atoms with van der Waals surface area (Å²) in [6, 6.07) is 5.13. The van der Waals surface area contributed by atoms with Crippen LogP contribution >= 0.6 is 11.6 Å². The van der Waals surface area contributed by atoms with Crippen LogP contribution in [0.1, 0.15) is 19.4 Å². The Hall–Kier alpha value is -0.770. The van der Waals surface area contributed by atoms with Crippen molar-refractivity contribution >= 4 is 11.6 Å².